The first-order valence-corrected chi connectivity index (χ1v) is 9.16. The number of benzene rings is 1. The Morgan fingerprint density at radius 1 is 1.43 bits per heavy atom. The van der Waals surface area contributed by atoms with Crippen LogP contribution in [0.25, 0.3) is 6.08 Å². The number of thiophene rings is 1. The molecule has 1 aromatic carbocycles. The lowest BCUT2D eigenvalue weighted by Gasteiger charge is -2.32. The van der Waals surface area contributed by atoms with Gasteiger partial charge in [0, 0.05) is 27.5 Å². The van der Waals surface area contributed by atoms with Crippen molar-refractivity contribution in [3.8, 4) is 5.75 Å². The number of rotatable bonds is 3. The van der Waals surface area contributed by atoms with Crippen LogP contribution in [0.2, 0.25) is 0 Å². The van der Waals surface area contributed by atoms with Gasteiger partial charge in [-0.15, -0.1) is 11.3 Å². The van der Waals surface area contributed by atoms with Gasteiger partial charge < -0.3 is 9.64 Å². The predicted molar refractivity (Wildman–Crippen MR) is 97.9 cm³/mol. The van der Waals surface area contributed by atoms with Gasteiger partial charge in [0.1, 0.15) is 5.75 Å². The van der Waals surface area contributed by atoms with Gasteiger partial charge in [0.2, 0.25) is 5.91 Å². The van der Waals surface area contributed by atoms with E-state index >= 15 is 0 Å². The molecule has 0 N–H and O–H groups in total. The molecular weight excluding hydrogens is 374 g/mol. The Kier molecular flexibility index (Phi) is 4.87. The highest BCUT2D eigenvalue weighted by Crippen LogP contribution is 2.33. The highest BCUT2D eigenvalue weighted by atomic mass is 79.9. The van der Waals surface area contributed by atoms with Crippen LogP contribution in [0.4, 0.5) is 0 Å². The summed E-state index contributed by atoms with van der Waals surface area (Å²) in [7, 11) is 1.63. The summed E-state index contributed by atoms with van der Waals surface area (Å²) >= 11 is 5.23. The Balaban J connectivity index is 1.79. The Hall–Kier alpha value is -1.59. The zero-order valence-corrected chi connectivity index (χ0v) is 15.5. The lowest BCUT2D eigenvalue weighted by Crippen LogP contribution is -2.37. The molecule has 1 atom stereocenters. The average Bonchev–Trinajstić information content (AvgIpc) is 3.02. The van der Waals surface area contributed by atoms with Crippen molar-refractivity contribution in [2.45, 2.75) is 19.4 Å². The van der Waals surface area contributed by atoms with E-state index in [1.165, 1.54) is 10.4 Å². The van der Waals surface area contributed by atoms with Gasteiger partial charge >= 0.3 is 0 Å². The third-order valence-electron chi connectivity index (χ3n) is 4.16. The second-order valence-electron chi connectivity index (χ2n) is 5.48. The molecule has 120 valence electrons. The van der Waals surface area contributed by atoms with E-state index in [-0.39, 0.29) is 11.9 Å². The van der Waals surface area contributed by atoms with Gasteiger partial charge in [0.15, 0.2) is 0 Å². The molecule has 1 aromatic heterocycles. The van der Waals surface area contributed by atoms with Crippen LogP contribution >= 0.6 is 27.3 Å². The maximum atomic E-state index is 12.6. The van der Waals surface area contributed by atoms with Crippen LogP contribution in [-0.2, 0) is 11.2 Å². The molecule has 1 amide bonds. The van der Waals surface area contributed by atoms with Crippen molar-refractivity contribution in [1.82, 2.24) is 4.90 Å². The zero-order chi connectivity index (χ0) is 16.4. The molecule has 0 saturated heterocycles. The number of amides is 1. The summed E-state index contributed by atoms with van der Waals surface area (Å²) in [6.07, 6.45) is 4.40. The molecular formula is C18H18BrNO2S. The molecule has 0 bridgehead atoms. The Bertz CT molecular complexity index is 753. The third-order valence-corrected chi connectivity index (χ3v) is 5.65. The minimum atomic E-state index is 0.0383. The molecule has 2 aromatic rings. The largest absolute Gasteiger partial charge is 0.496 e. The summed E-state index contributed by atoms with van der Waals surface area (Å²) in [6.45, 7) is 2.86. The molecule has 3 nitrogen and oxygen atoms in total. The van der Waals surface area contributed by atoms with E-state index < -0.39 is 0 Å². The molecule has 1 aliphatic heterocycles. The number of carbonyl (C=O) groups is 1. The molecule has 0 saturated carbocycles. The fraction of sp³-hybridized carbons (Fsp3) is 0.278. The lowest BCUT2D eigenvalue weighted by atomic mass is 10.0. The highest BCUT2D eigenvalue weighted by molar-refractivity contribution is 9.10. The summed E-state index contributed by atoms with van der Waals surface area (Å²) in [4.78, 5) is 15.9. The van der Waals surface area contributed by atoms with Gasteiger partial charge in [-0.2, -0.15) is 0 Å². The first kappa shape index (κ1) is 16.3. The van der Waals surface area contributed by atoms with Gasteiger partial charge in [0.05, 0.1) is 13.2 Å². The summed E-state index contributed by atoms with van der Waals surface area (Å²) in [5.41, 5.74) is 2.17. The van der Waals surface area contributed by atoms with Crippen molar-refractivity contribution >= 4 is 39.2 Å². The third kappa shape index (κ3) is 3.35. The van der Waals surface area contributed by atoms with Crippen molar-refractivity contribution in [3.63, 3.8) is 0 Å². The minimum Gasteiger partial charge on any atom is -0.496 e. The average molecular weight is 392 g/mol. The van der Waals surface area contributed by atoms with Crippen LogP contribution in [-0.4, -0.2) is 24.5 Å². The van der Waals surface area contributed by atoms with Crippen LogP contribution in [0, 0.1) is 0 Å². The first-order valence-electron chi connectivity index (χ1n) is 7.48. The Morgan fingerprint density at radius 2 is 2.26 bits per heavy atom. The van der Waals surface area contributed by atoms with E-state index in [2.05, 4.69) is 34.3 Å². The first-order chi connectivity index (χ1) is 11.1. The molecule has 0 fully saturated rings. The molecule has 23 heavy (non-hydrogen) atoms. The predicted octanol–water partition coefficient (Wildman–Crippen LogP) is 4.68. The summed E-state index contributed by atoms with van der Waals surface area (Å²) < 4.78 is 6.30. The van der Waals surface area contributed by atoms with Crippen molar-refractivity contribution in [1.29, 1.82) is 0 Å². The van der Waals surface area contributed by atoms with E-state index in [1.807, 2.05) is 29.2 Å². The maximum Gasteiger partial charge on any atom is 0.247 e. The number of hydrogen-bond acceptors (Lipinski definition) is 3. The second kappa shape index (κ2) is 6.89. The molecule has 3 rings (SSSR count). The van der Waals surface area contributed by atoms with E-state index in [0.29, 0.717) is 0 Å². The number of nitrogens with zero attached hydrogens (tertiary/aromatic N) is 1. The summed E-state index contributed by atoms with van der Waals surface area (Å²) in [5.74, 6) is 0.792. The van der Waals surface area contributed by atoms with Crippen LogP contribution in [0.15, 0.2) is 40.2 Å². The number of methoxy groups -OCH3 is 1. The lowest BCUT2D eigenvalue weighted by molar-refractivity contribution is -0.128. The number of fused-ring (bicyclic) bond motifs is 1. The van der Waals surface area contributed by atoms with Gasteiger partial charge in [-0.05, 0) is 54.6 Å². The maximum absolute atomic E-state index is 12.6. The Labute approximate surface area is 148 Å². The normalized spacial score (nSPS) is 17.3. The minimum absolute atomic E-state index is 0.0383. The zero-order valence-electron chi connectivity index (χ0n) is 13.1. The standard InChI is InChI=1S/C18H18BrNO2S/c1-12-15-8-10-23-17(15)7-9-20(12)18(21)6-3-13-11-14(19)4-5-16(13)22-2/h3-6,8,10-12H,7,9H2,1-2H3/b6-3+/t12-/m1/s1. The van der Waals surface area contributed by atoms with E-state index in [0.717, 1.165) is 28.8 Å². The van der Waals surface area contributed by atoms with Crippen molar-refractivity contribution in [2.24, 2.45) is 0 Å². The molecule has 0 aliphatic carbocycles. The smallest absolute Gasteiger partial charge is 0.247 e. The number of halogens is 1. The fourth-order valence-electron chi connectivity index (χ4n) is 2.90. The van der Waals surface area contributed by atoms with Crippen LogP contribution in [0.3, 0.4) is 0 Å². The van der Waals surface area contributed by atoms with Crippen molar-refractivity contribution in [2.75, 3.05) is 13.7 Å². The molecule has 1 aliphatic rings. The molecule has 0 radical (unpaired) electrons. The highest BCUT2D eigenvalue weighted by Gasteiger charge is 2.26. The molecule has 5 heteroatoms. The van der Waals surface area contributed by atoms with Gasteiger partial charge in [-0.1, -0.05) is 15.9 Å². The van der Waals surface area contributed by atoms with Gasteiger partial charge in [0.25, 0.3) is 0 Å². The topological polar surface area (TPSA) is 29.5 Å². The van der Waals surface area contributed by atoms with Crippen LogP contribution < -0.4 is 4.74 Å². The van der Waals surface area contributed by atoms with E-state index in [9.17, 15) is 4.79 Å². The van der Waals surface area contributed by atoms with E-state index in [1.54, 1.807) is 24.5 Å². The van der Waals surface area contributed by atoms with Crippen LogP contribution in [0.5, 0.6) is 5.75 Å². The number of hydrogen-bond donors (Lipinski definition) is 0. The van der Waals surface area contributed by atoms with Gasteiger partial charge in [-0.3, -0.25) is 4.79 Å². The van der Waals surface area contributed by atoms with Gasteiger partial charge in [-0.25, -0.2) is 0 Å². The molecule has 0 spiro atoms. The number of carbonyl (C=O) groups excluding carboxylic acids is 1. The number of ether oxygens (including phenoxy) is 1. The van der Waals surface area contributed by atoms with Crippen molar-refractivity contribution < 1.29 is 9.53 Å². The fourth-order valence-corrected chi connectivity index (χ4v) is 4.24. The van der Waals surface area contributed by atoms with E-state index in [4.69, 9.17) is 4.74 Å². The summed E-state index contributed by atoms with van der Waals surface area (Å²) in [5, 5.41) is 2.11. The van der Waals surface area contributed by atoms with Crippen LogP contribution in [0.1, 0.15) is 29.0 Å². The monoisotopic (exact) mass is 391 g/mol. The molecule has 0 unspecified atom stereocenters. The summed E-state index contributed by atoms with van der Waals surface area (Å²) in [6, 6.07) is 8.01. The van der Waals surface area contributed by atoms with Crippen molar-refractivity contribution in [3.05, 3.63) is 56.2 Å². The quantitative estimate of drug-likeness (QED) is 0.710. The SMILES string of the molecule is COc1ccc(Br)cc1/C=C/C(=O)N1CCc2sccc2[C@H]1C. The Morgan fingerprint density at radius 3 is 3.04 bits per heavy atom. The molecule has 2 heterocycles. The second-order valence-corrected chi connectivity index (χ2v) is 7.39.